The van der Waals surface area contributed by atoms with Gasteiger partial charge in [-0.3, -0.25) is 24.6 Å². The first kappa shape index (κ1) is 37.0. The number of carbonyl (C=O) groups excluding carboxylic acids is 5. The number of hydrogen-bond donors (Lipinski definition) is 3. The summed E-state index contributed by atoms with van der Waals surface area (Å²) in [6.07, 6.45) is 0.584. The van der Waals surface area contributed by atoms with Crippen LogP contribution in [0.2, 0.25) is 0 Å². The van der Waals surface area contributed by atoms with E-state index in [-0.39, 0.29) is 78.6 Å². The minimum atomic E-state index is -1.03. The summed E-state index contributed by atoms with van der Waals surface area (Å²) in [5, 5.41) is 11.1. The van der Waals surface area contributed by atoms with Crippen LogP contribution in [0, 0.1) is 5.92 Å². The number of methoxy groups -OCH3 is 1. The summed E-state index contributed by atoms with van der Waals surface area (Å²) in [4.78, 5) is 62.5. The molecule has 0 saturated carbocycles. The molecule has 49 heavy (non-hydrogen) atoms. The summed E-state index contributed by atoms with van der Waals surface area (Å²) in [5.41, 5.74) is 8.38. The molecule has 2 saturated heterocycles. The van der Waals surface area contributed by atoms with Crippen molar-refractivity contribution < 1.29 is 47.7 Å². The van der Waals surface area contributed by atoms with Crippen LogP contribution >= 0.6 is 0 Å². The predicted octanol–water partition coefficient (Wildman–Crippen LogP) is 2.37. The second kappa shape index (κ2) is 17.0. The number of nitrogens with zero attached hydrogens (tertiary/aromatic N) is 3. The van der Waals surface area contributed by atoms with Crippen molar-refractivity contribution >= 4 is 35.3 Å². The molecule has 3 aliphatic heterocycles. The van der Waals surface area contributed by atoms with E-state index >= 15 is 0 Å². The van der Waals surface area contributed by atoms with Crippen LogP contribution < -0.4 is 16.5 Å². The van der Waals surface area contributed by atoms with Crippen molar-refractivity contribution in [2.75, 3.05) is 46.6 Å². The monoisotopic (exact) mass is 684 g/mol. The maximum atomic E-state index is 13.5. The van der Waals surface area contributed by atoms with E-state index < -0.39 is 23.5 Å². The van der Waals surface area contributed by atoms with Crippen molar-refractivity contribution in [3.05, 3.63) is 52.9 Å². The average Bonchev–Trinajstić information content (AvgIpc) is 3.70. The Labute approximate surface area is 284 Å². The minimum Gasteiger partial charge on any atom is -0.489 e. The van der Waals surface area contributed by atoms with Crippen molar-refractivity contribution in [3.8, 4) is 0 Å². The van der Waals surface area contributed by atoms with Crippen LogP contribution in [0.1, 0.15) is 46.5 Å². The Balaban J connectivity index is 0.000000269. The Hall–Kier alpha value is -4.83. The van der Waals surface area contributed by atoms with Gasteiger partial charge >= 0.3 is 18.0 Å². The lowest BCUT2D eigenvalue weighted by atomic mass is 9.83. The van der Waals surface area contributed by atoms with Gasteiger partial charge < -0.3 is 39.6 Å². The van der Waals surface area contributed by atoms with E-state index in [0.29, 0.717) is 39.0 Å². The Morgan fingerprint density at radius 1 is 1.02 bits per heavy atom. The standard InChI is InChI=1S/C21H27N3O8.C12H17N3O2/c1-4-30-13(25)6-5-7-31-18-10(2)16(26)15-14(17(18)27)11(9-32-20(22)28)21(29-3)19-12(23-19)8-24(15)21;1-2-17-12(16)9-6-10-13-15-14-11-7-4-3-5-8-11/h11-12,19,23H,4-9H2,1-3H3,(H2,22,28);3-5,7-8H,2,6,9-10H2,1H3,(H,13,14). The normalized spacial score (nSPS) is 23.3. The topological polar surface area (TPSA) is 219 Å². The average molecular weight is 685 g/mol. The molecule has 0 spiro atoms. The maximum Gasteiger partial charge on any atom is 0.404 e. The summed E-state index contributed by atoms with van der Waals surface area (Å²) < 4.78 is 26.3. The minimum absolute atomic E-state index is 0.0607. The summed E-state index contributed by atoms with van der Waals surface area (Å²) in [6.45, 7) is 6.74. The van der Waals surface area contributed by atoms with E-state index in [0.717, 1.165) is 5.69 Å². The van der Waals surface area contributed by atoms with E-state index in [1.165, 1.54) is 7.11 Å². The van der Waals surface area contributed by atoms with Crippen molar-refractivity contribution in [2.24, 2.45) is 22.0 Å². The fraction of sp³-hybridized carbons (Fsp3) is 0.545. The summed E-state index contributed by atoms with van der Waals surface area (Å²) in [5.74, 6) is -2.09. The molecular weight excluding hydrogens is 640 g/mol. The van der Waals surface area contributed by atoms with Crippen LogP contribution in [-0.4, -0.2) is 98.9 Å². The number of ketones is 2. The fourth-order valence-electron chi connectivity index (χ4n) is 6.25. The zero-order valence-electron chi connectivity index (χ0n) is 28.2. The third-order valence-corrected chi connectivity index (χ3v) is 8.42. The van der Waals surface area contributed by atoms with Gasteiger partial charge in [-0.25, -0.2) is 4.79 Å². The van der Waals surface area contributed by atoms with Crippen LogP contribution in [-0.2, 0) is 42.9 Å². The number of piperazine rings is 1. The molecular formula is C33H44N6O10. The van der Waals surface area contributed by atoms with Crippen molar-refractivity contribution in [2.45, 2.75) is 64.3 Å². The number of allylic oxidation sites excluding steroid dienone is 2. The van der Waals surface area contributed by atoms with Crippen LogP contribution in [0.15, 0.2) is 63.3 Å². The highest BCUT2D eigenvalue weighted by molar-refractivity contribution is 6.25. The molecule has 16 nitrogen and oxygen atoms in total. The molecule has 1 aromatic carbocycles. The first-order valence-electron chi connectivity index (χ1n) is 16.3. The van der Waals surface area contributed by atoms with E-state index in [1.807, 2.05) is 35.2 Å². The molecule has 0 radical (unpaired) electrons. The van der Waals surface area contributed by atoms with Gasteiger partial charge in [0.15, 0.2) is 11.5 Å². The van der Waals surface area contributed by atoms with E-state index in [1.54, 1.807) is 20.8 Å². The number of Topliss-reactive ketones (excluding diaryl/α,β-unsaturated/α-hetero) is 2. The number of fused-ring (bicyclic) bond motifs is 4. The van der Waals surface area contributed by atoms with Gasteiger partial charge in [-0.15, -0.1) is 5.11 Å². The number of nitrogens with one attached hydrogen (secondary N) is 2. The number of rotatable bonds is 16. The second-order valence-corrected chi connectivity index (χ2v) is 11.5. The number of esters is 2. The summed E-state index contributed by atoms with van der Waals surface area (Å²) in [6, 6.07) is 9.45. The van der Waals surface area contributed by atoms with Gasteiger partial charge in [-0.2, -0.15) is 0 Å². The molecule has 2 fully saturated rings. The van der Waals surface area contributed by atoms with Crippen LogP contribution in [0.3, 0.4) is 0 Å². The lowest BCUT2D eigenvalue weighted by Crippen LogP contribution is -2.55. The van der Waals surface area contributed by atoms with Crippen molar-refractivity contribution in [1.82, 2.24) is 15.6 Å². The predicted molar refractivity (Wildman–Crippen MR) is 173 cm³/mol. The lowest BCUT2D eigenvalue weighted by Gasteiger charge is -2.39. The zero-order valence-corrected chi connectivity index (χ0v) is 28.2. The highest BCUT2D eigenvalue weighted by Gasteiger charge is 2.72. The third kappa shape index (κ3) is 8.43. The van der Waals surface area contributed by atoms with Crippen LogP contribution in [0.25, 0.3) is 0 Å². The molecule has 5 rings (SSSR count). The second-order valence-electron chi connectivity index (χ2n) is 11.5. The molecule has 0 aromatic heterocycles. The SMILES string of the molecule is CCOC(=O)CCCNN=Nc1ccccc1.CCOC(=O)CCCOC1=C(C)C(=O)C2=C(C1=O)C(COC(N)=O)C1(OC)C3NC3CN21. The first-order valence-corrected chi connectivity index (χ1v) is 16.3. The van der Waals surface area contributed by atoms with E-state index in [2.05, 4.69) is 21.1 Å². The van der Waals surface area contributed by atoms with E-state index in [9.17, 15) is 24.0 Å². The third-order valence-electron chi connectivity index (χ3n) is 8.42. The molecule has 3 heterocycles. The number of benzene rings is 1. The smallest absolute Gasteiger partial charge is 0.404 e. The van der Waals surface area contributed by atoms with Gasteiger partial charge in [0, 0.05) is 50.2 Å². The zero-order chi connectivity index (χ0) is 35.6. The van der Waals surface area contributed by atoms with E-state index in [4.69, 9.17) is 29.4 Å². The molecule has 4 N–H and O–H groups in total. The molecule has 4 atom stereocenters. The Morgan fingerprint density at radius 2 is 1.69 bits per heavy atom. The number of amides is 1. The Kier molecular flexibility index (Phi) is 12.8. The van der Waals surface area contributed by atoms with Crippen molar-refractivity contribution in [3.63, 3.8) is 0 Å². The number of carbonyl (C=O) groups is 5. The van der Waals surface area contributed by atoms with Crippen LogP contribution in [0.4, 0.5) is 10.5 Å². The quantitative estimate of drug-likeness (QED) is 0.0434. The largest absolute Gasteiger partial charge is 0.489 e. The lowest BCUT2D eigenvalue weighted by molar-refractivity contribution is -0.144. The number of ether oxygens (including phenoxy) is 5. The van der Waals surface area contributed by atoms with Gasteiger partial charge in [0.25, 0.3) is 0 Å². The molecule has 4 aliphatic rings. The molecule has 1 aromatic rings. The highest BCUT2D eigenvalue weighted by atomic mass is 16.6. The van der Waals surface area contributed by atoms with Gasteiger partial charge in [-0.1, -0.05) is 23.4 Å². The molecule has 16 heteroatoms. The molecule has 1 aliphatic carbocycles. The van der Waals surface area contributed by atoms with Gasteiger partial charge in [-0.05, 0) is 45.7 Å². The van der Waals surface area contributed by atoms with Gasteiger partial charge in [0.1, 0.15) is 6.61 Å². The molecule has 4 unspecified atom stereocenters. The van der Waals surface area contributed by atoms with Crippen LogP contribution in [0.5, 0.6) is 0 Å². The van der Waals surface area contributed by atoms with Crippen molar-refractivity contribution in [1.29, 1.82) is 0 Å². The number of primary amides is 1. The summed E-state index contributed by atoms with van der Waals surface area (Å²) >= 11 is 0. The number of hydrogen-bond acceptors (Lipinski definition) is 14. The summed E-state index contributed by atoms with van der Waals surface area (Å²) in [7, 11) is 1.51. The maximum absolute atomic E-state index is 13.5. The highest BCUT2D eigenvalue weighted by Crippen LogP contribution is 2.55. The van der Waals surface area contributed by atoms with Gasteiger partial charge in [0.2, 0.25) is 11.6 Å². The Morgan fingerprint density at radius 3 is 2.33 bits per heavy atom. The Bertz CT molecular complexity index is 1500. The number of nitrogens with two attached hydrogens (primary N) is 1. The molecule has 266 valence electrons. The first-order chi connectivity index (χ1) is 23.6. The van der Waals surface area contributed by atoms with Gasteiger partial charge in [0.05, 0.1) is 43.2 Å². The fourth-order valence-corrected chi connectivity index (χ4v) is 6.25. The molecule has 1 amide bonds. The molecule has 0 bridgehead atoms.